The average Bonchev–Trinajstić information content (AvgIpc) is 2.61. The monoisotopic (exact) mass is 319 g/mol. The van der Waals surface area contributed by atoms with Gasteiger partial charge in [0.1, 0.15) is 5.82 Å². The first-order valence-corrected chi connectivity index (χ1v) is 9.22. The third-order valence-electron chi connectivity index (χ3n) is 5.44. The molecule has 1 aromatic carbocycles. The van der Waals surface area contributed by atoms with Crippen LogP contribution in [0.15, 0.2) is 24.3 Å². The average molecular weight is 319 g/mol. The molecule has 0 aromatic heterocycles. The SMILES string of the molecule is CCC1CCCCN1C(CN1CCNCC1)c1ccc(F)cc1. The Kier molecular flexibility index (Phi) is 6.03. The highest BCUT2D eigenvalue weighted by atomic mass is 19.1. The molecule has 3 nitrogen and oxygen atoms in total. The van der Waals surface area contributed by atoms with Gasteiger partial charge in [-0.2, -0.15) is 0 Å². The first kappa shape index (κ1) is 16.9. The fraction of sp³-hybridized carbons (Fsp3) is 0.684. The lowest BCUT2D eigenvalue weighted by Crippen LogP contribution is -2.50. The van der Waals surface area contributed by atoms with Gasteiger partial charge in [-0.1, -0.05) is 25.5 Å². The zero-order valence-electron chi connectivity index (χ0n) is 14.3. The third-order valence-corrected chi connectivity index (χ3v) is 5.44. The van der Waals surface area contributed by atoms with E-state index in [0.717, 1.165) is 32.7 Å². The van der Waals surface area contributed by atoms with Gasteiger partial charge in [-0.15, -0.1) is 0 Å². The van der Waals surface area contributed by atoms with E-state index >= 15 is 0 Å². The molecule has 2 unspecified atom stereocenters. The van der Waals surface area contributed by atoms with Gasteiger partial charge in [-0.25, -0.2) is 4.39 Å². The molecule has 23 heavy (non-hydrogen) atoms. The van der Waals surface area contributed by atoms with E-state index in [1.807, 2.05) is 12.1 Å². The maximum Gasteiger partial charge on any atom is 0.123 e. The predicted molar refractivity (Wildman–Crippen MR) is 93.1 cm³/mol. The van der Waals surface area contributed by atoms with E-state index < -0.39 is 0 Å². The summed E-state index contributed by atoms with van der Waals surface area (Å²) in [4.78, 5) is 5.25. The molecular formula is C19H30FN3. The largest absolute Gasteiger partial charge is 0.314 e. The molecule has 1 aromatic rings. The summed E-state index contributed by atoms with van der Waals surface area (Å²) in [5, 5.41) is 3.43. The van der Waals surface area contributed by atoms with Gasteiger partial charge in [-0.05, 0) is 43.5 Å². The highest BCUT2D eigenvalue weighted by molar-refractivity contribution is 5.21. The number of hydrogen-bond donors (Lipinski definition) is 1. The van der Waals surface area contributed by atoms with E-state index in [4.69, 9.17) is 0 Å². The Balaban J connectivity index is 1.80. The van der Waals surface area contributed by atoms with Crippen molar-refractivity contribution in [3.63, 3.8) is 0 Å². The lowest BCUT2D eigenvalue weighted by molar-refractivity contribution is 0.0623. The summed E-state index contributed by atoms with van der Waals surface area (Å²) in [7, 11) is 0. The minimum absolute atomic E-state index is 0.139. The maximum atomic E-state index is 13.4. The van der Waals surface area contributed by atoms with Crippen LogP contribution in [-0.4, -0.2) is 55.1 Å². The normalized spacial score (nSPS) is 25.4. The predicted octanol–water partition coefficient (Wildman–Crippen LogP) is 3.04. The van der Waals surface area contributed by atoms with Crippen molar-refractivity contribution in [1.82, 2.24) is 15.1 Å². The van der Waals surface area contributed by atoms with E-state index in [1.54, 1.807) is 12.1 Å². The first-order chi connectivity index (χ1) is 11.3. The minimum Gasteiger partial charge on any atom is -0.314 e. The van der Waals surface area contributed by atoms with Crippen LogP contribution in [0.1, 0.15) is 44.2 Å². The molecule has 2 saturated heterocycles. The number of piperidine rings is 1. The quantitative estimate of drug-likeness (QED) is 0.900. The Bertz CT molecular complexity index is 470. The van der Waals surface area contributed by atoms with Crippen LogP contribution < -0.4 is 5.32 Å². The molecule has 2 aliphatic rings. The van der Waals surface area contributed by atoms with Crippen LogP contribution in [0.5, 0.6) is 0 Å². The Morgan fingerprint density at radius 2 is 1.87 bits per heavy atom. The van der Waals surface area contributed by atoms with Crippen molar-refractivity contribution < 1.29 is 4.39 Å². The highest BCUT2D eigenvalue weighted by Crippen LogP contribution is 2.31. The Labute approximate surface area is 139 Å². The topological polar surface area (TPSA) is 18.5 Å². The molecule has 0 spiro atoms. The number of benzene rings is 1. The Morgan fingerprint density at radius 1 is 1.13 bits per heavy atom. The van der Waals surface area contributed by atoms with Crippen molar-refractivity contribution in [2.45, 2.75) is 44.7 Å². The van der Waals surface area contributed by atoms with Gasteiger partial charge in [0.2, 0.25) is 0 Å². The van der Waals surface area contributed by atoms with E-state index in [1.165, 1.54) is 37.8 Å². The molecule has 0 saturated carbocycles. The molecule has 2 aliphatic heterocycles. The molecule has 4 heteroatoms. The molecule has 128 valence electrons. The molecule has 0 bridgehead atoms. The van der Waals surface area contributed by atoms with Gasteiger partial charge in [0, 0.05) is 44.8 Å². The first-order valence-electron chi connectivity index (χ1n) is 9.22. The zero-order valence-corrected chi connectivity index (χ0v) is 14.3. The second-order valence-electron chi connectivity index (χ2n) is 6.91. The molecule has 0 amide bonds. The minimum atomic E-state index is -0.139. The maximum absolute atomic E-state index is 13.4. The van der Waals surface area contributed by atoms with Crippen molar-refractivity contribution >= 4 is 0 Å². The smallest absolute Gasteiger partial charge is 0.123 e. The van der Waals surface area contributed by atoms with Crippen molar-refractivity contribution in [2.24, 2.45) is 0 Å². The van der Waals surface area contributed by atoms with Crippen LogP contribution in [0.25, 0.3) is 0 Å². The molecule has 0 radical (unpaired) electrons. The molecule has 2 atom stereocenters. The number of halogens is 1. The summed E-state index contributed by atoms with van der Waals surface area (Å²) in [5.41, 5.74) is 1.27. The van der Waals surface area contributed by atoms with E-state index in [9.17, 15) is 4.39 Å². The van der Waals surface area contributed by atoms with Gasteiger partial charge >= 0.3 is 0 Å². The molecular weight excluding hydrogens is 289 g/mol. The summed E-state index contributed by atoms with van der Waals surface area (Å²) in [5.74, 6) is -0.139. The lowest BCUT2D eigenvalue weighted by Gasteiger charge is -2.43. The third kappa shape index (κ3) is 4.31. The number of hydrogen-bond acceptors (Lipinski definition) is 3. The zero-order chi connectivity index (χ0) is 16.1. The molecule has 0 aliphatic carbocycles. The molecule has 3 rings (SSSR count). The second-order valence-corrected chi connectivity index (χ2v) is 6.91. The molecule has 2 heterocycles. The van der Waals surface area contributed by atoms with Crippen LogP contribution in [-0.2, 0) is 0 Å². The van der Waals surface area contributed by atoms with Crippen molar-refractivity contribution in [3.8, 4) is 0 Å². The fourth-order valence-corrected chi connectivity index (χ4v) is 4.10. The number of piperazine rings is 1. The van der Waals surface area contributed by atoms with Crippen molar-refractivity contribution in [1.29, 1.82) is 0 Å². The number of likely N-dealkylation sites (tertiary alicyclic amines) is 1. The fourth-order valence-electron chi connectivity index (χ4n) is 4.10. The summed E-state index contributed by atoms with van der Waals surface area (Å²) >= 11 is 0. The van der Waals surface area contributed by atoms with Crippen LogP contribution in [0.4, 0.5) is 4.39 Å². The van der Waals surface area contributed by atoms with Crippen LogP contribution in [0.2, 0.25) is 0 Å². The van der Waals surface area contributed by atoms with Gasteiger partial charge in [0.25, 0.3) is 0 Å². The summed E-state index contributed by atoms with van der Waals surface area (Å²) in [6.07, 6.45) is 5.14. The van der Waals surface area contributed by atoms with Crippen molar-refractivity contribution in [2.75, 3.05) is 39.3 Å². The molecule has 2 fully saturated rings. The summed E-state index contributed by atoms with van der Waals surface area (Å²) in [6.45, 7) is 8.91. The molecule has 1 N–H and O–H groups in total. The Morgan fingerprint density at radius 3 is 2.57 bits per heavy atom. The van der Waals surface area contributed by atoms with Crippen LogP contribution >= 0.6 is 0 Å². The summed E-state index contributed by atoms with van der Waals surface area (Å²) in [6, 6.07) is 8.27. The van der Waals surface area contributed by atoms with Crippen molar-refractivity contribution in [3.05, 3.63) is 35.6 Å². The summed E-state index contributed by atoms with van der Waals surface area (Å²) < 4.78 is 13.4. The van der Waals surface area contributed by atoms with E-state index in [0.29, 0.717) is 12.1 Å². The van der Waals surface area contributed by atoms with Gasteiger partial charge in [-0.3, -0.25) is 9.80 Å². The second kappa shape index (κ2) is 8.22. The van der Waals surface area contributed by atoms with E-state index in [-0.39, 0.29) is 5.82 Å². The van der Waals surface area contributed by atoms with Crippen LogP contribution in [0, 0.1) is 5.82 Å². The number of nitrogens with one attached hydrogen (secondary N) is 1. The standard InChI is InChI=1S/C19H30FN3/c1-2-18-5-3-4-12-23(18)19(15-22-13-10-21-11-14-22)16-6-8-17(20)9-7-16/h6-9,18-19,21H,2-5,10-15H2,1H3. The van der Waals surface area contributed by atoms with Gasteiger partial charge < -0.3 is 5.32 Å². The van der Waals surface area contributed by atoms with Crippen LogP contribution in [0.3, 0.4) is 0 Å². The number of rotatable bonds is 5. The Hall–Kier alpha value is -0.970. The van der Waals surface area contributed by atoms with E-state index in [2.05, 4.69) is 22.0 Å². The lowest BCUT2D eigenvalue weighted by atomic mass is 9.94. The van der Waals surface area contributed by atoms with Gasteiger partial charge in [0.15, 0.2) is 0 Å². The highest BCUT2D eigenvalue weighted by Gasteiger charge is 2.30. The van der Waals surface area contributed by atoms with Gasteiger partial charge in [0.05, 0.1) is 0 Å². The number of nitrogens with zero attached hydrogens (tertiary/aromatic N) is 2.